The van der Waals surface area contributed by atoms with Gasteiger partial charge in [0.2, 0.25) is 0 Å². The first kappa shape index (κ1) is 22.8. The second-order valence-electron chi connectivity index (χ2n) is 4.94. The van der Waals surface area contributed by atoms with Crippen LogP contribution < -0.4 is 0 Å². The fraction of sp³-hybridized carbons (Fsp3) is 0.333. The summed E-state index contributed by atoms with van der Waals surface area (Å²) in [7, 11) is 0. The molecule has 0 N–H and O–H groups in total. The Bertz CT molecular complexity index is 1080. The number of rotatable bonds is 9. The molecule has 170 valence electrons. The van der Waals surface area contributed by atoms with Crippen LogP contribution in [0.5, 0.6) is 0 Å². The van der Waals surface area contributed by atoms with Crippen molar-refractivity contribution in [3.63, 3.8) is 0 Å². The van der Waals surface area contributed by atoms with E-state index < -0.39 is 74.5 Å². The van der Waals surface area contributed by atoms with Crippen LogP contribution in [0.15, 0.2) is 0 Å². The predicted molar refractivity (Wildman–Crippen MR) is 78.5 cm³/mol. The Hall–Kier alpha value is -5.46. The fourth-order valence-corrected chi connectivity index (χ4v) is 1.89. The van der Waals surface area contributed by atoms with Crippen LogP contribution in [-0.4, -0.2) is 59.1 Å². The lowest BCUT2D eigenvalue weighted by molar-refractivity contribution is -0.871. The smallest absolute Gasteiger partial charge is 0.390 e. The molecule has 0 saturated heterocycles. The van der Waals surface area contributed by atoms with Gasteiger partial charge in [-0.15, -0.1) is 0 Å². The first-order valence-corrected chi connectivity index (χ1v) is 6.80. The molecular weight excluding hydrogens is 470 g/mol. The van der Waals surface area contributed by atoms with Gasteiger partial charge in [0, 0.05) is 19.6 Å². The maximum atomic E-state index is 14.6. The Kier molecular flexibility index (Phi) is 5.07. The number of alkyl halides is 2. The van der Waals surface area contributed by atoms with Gasteiger partial charge in [-0.2, -0.15) is 0 Å². The molecular formula is C6F2N12O12. The van der Waals surface area contributed by atoms with Gasteiger partial charge in [0.05, 0.1) is 0 Å². The zero-order valence-electron chi connectivity index (χ0n) is 14.0. The average Bonchev–Trinajstić information content (AvgIpc) is 3.30. The van der Waals surface area contributed by atoms with Crippen LogP contribution in [0.3, 0.4) is 0 Å². The molecule has 24 nitrogen and oxygen atoms in total. The molecule has 0 saturated carbocycles. The molecule has 32 heavy (non-hydrogen) atoms. The Morgan fingerprint density at radius 3 is 1.03 bits per heavy atom. The summed E-state index contributed by atoms with van der Waals surface area (Å²) in [6, 6.07) is -10.4. The second kappa shape index (κ2) is 7.10. The highest BCUT2D eigenvalue weighted by Gasteiger charge is 2.71. The number of aromatic nitrogens is 6. The monoisotopic (exact) mass is 470 g/mol. The summed E-state index contributed by atoms with van der Waals surface area (Å²) < 4.78 is 26.8. The predicted octanol–water partition coefficient (Wildman–Crippen LogP) is -1.47. The Morgan fingerprint density at radius 1 is 0.594 bits per heavy atom. The topological polar surface area (TPSA) is 320 Å². The summed E-state index contributed by atoms with van der Waals surface area (Å²) in [5.41, 5.74) is 0. The van der Waals surface area contributed by atoms with Gasteiger partial charge in [0.1, 0.15) is 0 Å². The molecule has 2 aromatic heterocycles. The van der Waals surface area contributed by atoms with E-state index in [0.717, 1.165) is 0 Å². The lowest BCUT2D eigenvalue weighted by Gasteiger charge is -2.06. The molecule has 0 amide bonds. The molecule has 0 unspecified atom stereocenters. The van der Waals surface area contributed by atoms with E-state index in [1.165, 1.54) is 0 Å². The van der Waals surface area contributed by atoms with Crippen LogP contribution in [-0.2, 0) is 12.1 Å². The maximum absolute atomic E-state index is 14.6. The van der Waals surface area contributed by atoms with E-state index >= 15 is 0 Å². The summed E-state index contributed by atoms with van der Waals surface area (Å²) >= 11 is 0. The molecule has 0 radical (unpaired) electrons. The van der Waals surface area contributed by atoms with Crippen molar-refractivity contribution in [1.82, 2.24) is 29.5 Å². The number of nitrogens with zero attached hydrogens (tertiary/aromatic N) is 12. The minimum atomic E-state index is -5.19. The van der Waals surface area contributed by atoms with E-state index in [4.69, 9.17) is 0 Å². The van der Waals surface area contributed by atoms with E-state index in [1.807, 2.05) is 0 Å². The van der Waals surface area contributed by atoms with E-state index in [1.54, 1.807) is 0 Å². The van der Waals surface area contributed by atoms with Crippen molar-refractivity contribution >= 4 is 11.9 Å². The van der Waals surface area contributed by atoms with Crippen LogP contribution in [0.4, 0.5) is 20.7 Å². The number of hydrogen-bond acceptors (Lipinski definition) is 16. The van der Waals surface area contributed by atoms with Gasteiger partial charge in [-0.3, -0.25) is 40.5 Å². The minimum absolute atomic E-state index is 1.17. The third-order valence-corrected chi connectivity index (χ3v) is 3.19. The highest BCUT2D eigenvalue weighted by molar-refractivity contribution is 5.47. The Labute approximate surface area is 165 Å². The van der Waals surface area contributed by atoms with Crippen LogP contribution in [0.1, 0.15) is 0 Å². The standard InChI is InChI=1S/C6F2N12O12/c7-5(17(25)26,18(27)28)13-1(9-3(11-13)15(21)22)2-10-4(16(23)24)12-14(2)6(8,19(29)30)20(31)32. The Morgan fingerprint density at radius 2 is 0.844 bits per heavy atom. The molecule has 0 fully saturated rings. The summed E-state index contributed by atoms with van der Waals surface area (Å²) in [4.78, 5) is 58.1. The molecule has 0 aliphatic carbocycles. The van der Waals surface area contributed by atoms with Crippen molar-refractivity contribution in [3.8, 4) is 11.6 Å². The first-order valence-electron chi connectivity index (χ1n) is 6.80. The fourth-order valence-electron chi connectivity index (χ4n) is 1.89. The highest BCUT2D eigenvalue weighted by Crippen LogP contribution is 2.32. The minimum Gasteiger partial charge on any atom is -0.390 e. The van der Waals surface area contributed by atoms with Gasteiger partial charge in [-0.25, -0.2) is 0 Å². The van der Waals surface area contributed by atoms with Crippen molar-refractivity contribution in [1.29, 1.82) is 0 Å². The summed E-state index contributed by atoms with van der Waals surface area (Å²) in [6.07, 6.45) is 0. The first-order chi connectivity index (χ1) is 14.6. The molecule has 2 aromatic rings. The van der Waals surface area contributed by atoms with Crippen molar-refractivity contribution < 1.29 is 38.3 Å². The molecule has 0 spiro atoms. The molecule has 0 bridgehead atoms. The van der Waals surface area contributed by atoms with Gasteiger partial charge in [-0.1, -0.05) is 8.78 Å². The van der Waals surface area contributed by atoms with Gasteiger partial charge >= 0.3 is 35.6 Å². The number of hydrogen-bond donors (Lipinski definition) is 0. The third-order valence-electron chi connectivity index (χ3n) is 3.19. The number of halogens is 2. The third kappa shape index (κ3) is 3.07. The molecule has 26 heteroatoms. The van der Waals surface area contributed by atoms with E-state index in [2.05, 4.69) is 20.2 Å². The van der Waals surface area contributed by atoms with Crippen molar-refractivity contribution in [2.45, 2.75) is 12.1 Å². The molecule has 0 aromatic carbocycles. The normalized spacial score (nSPS) is 11.7. The maximum Gasteiger partial charge on any atom is 0.749 e. The zero-order valence-corrected chi connectivity index (χ0v) is 14.0. The SMILES string of the molecule is O=[N+]([O-])c1nc(-c2nc([N+](=O)[O-])nn2C(F)([N+](=O)[O-])[N+](=O)[O-])n(C(F)([N+](=O)[O-])[N+](=O)[O-])n1. The van der Waals surface area contributed by atoms with Gasteiger partial charge in [0.25, 0.3) is 0 Å². The van der Waals surface area contributed by atoms with Crippen molar-refractivity contribution in [2.75, 3.05) is 0 Å². The van der Waals surface area contributed by atoms with Crippen LogP contribution in [0, 0.1) is 60.7 Å². The molecule has 0 aliphatic heterocycles. The van der Waals surface area contributed by atoms with Crippen molar-refractivity contribution in [3.05, 3.63) is 60.7 Å². The van der Waals surface area contributed by atoms with Gasteiger partial charge < -0.3 is 20.2 Å². The largest absolute Gasteiger partial charge is 0.749 e. The molecule has 0 aliphatic rings. The molecule has 2 heterocycles. The number of nitro groups is 6. The Balaban J connectivity index is 3.08. The second-order valence-corrected chi connectivity index (χ2v) is 4.94. The lowest BCUT2D eigenvalue weighted by Crippen LogP contribution is -2.47. The van der Waals surface area contributed by atoms with E-state index in [9.17, 15) is 69.5 Å². The molecule has 2 rings (SSSR count). The van der Waals surface area contributed by atoms with E-state index in [0.29, 0.717) is 0 Å². The summed E-state index contributed by atoms with van der Waals surface area (Å²) in [6.45, 7) is 0. The van der Waals surface area contributed by atoms with E-state index in [-0.39, 0.29) is 0 Å². The van der Waals surface area contributed by atoms with Gasteiger partial charge in [-0.05, 0) is 19.8 Å². The van der Waals surface area contributed by atoms with Crippen LogP contribution in [0.25, 0.3) is 11.6 Å². The van der Waals surface area contributed by atoms with Crippen molar-refractivity contribution in [2.24, 2.45) is 0 Å². The zero-order chi connectivity index (χ0) is 24.8. The summed E-state index contributed by atoms with van der Waals surface area (Å²) in [5.74, 6) is -7.82. The van der Waals surface area contributed by atoms with Crippen LogP contribution >= 0.6 is 0 Å². The molecule has 0 atom stereocenters. The lowest BCUT2D eigenvalue weighted by atomic mass is 10.5. The van der Waals surface area contributed by atoms with Gasteiger partial charge in [0.15, 0.2) is 19.7 Å². The van der Waals surface area contributed by atoms with Crippen LogP contribution in [0.2, 0.25) is 0 Å². The average molecular weight is 470 g/mol. The highest BCUT2D eigenvalue weighted by atomic mass is 19.2. The quantitative estimate of drug-likeness (QED) is 0.175. The summed E-state index contributed by atoms with van der Waals surface area (Å²) in [5, 5.41) is 70.4.